The molecule has 2 aromatic rings. The van der Waals surface area contributed by atoms with Gasteiger partial charge in [-0.25, -0.2) is 0 Å². The van der Waals surface area contributed by atoms with Gasteiger partial charge >= 0.3 is 0 Å². The van der Waals surface area contributed by atoms with E-state index in [9.17, 15) is 14.9 Å². The van der Waals surface area contributed by atoms with Crippen molar-refractivity contribution in [2.75, 3.05) is 0 Å². The summed E-state index contributed by atoms with van der Waals surface area (Å²) in [6, 6.07) is 10.6. The first-order valence-corrected chi connectivity index (χ1v) is 9.38. The van der Waals surface area contributed by atoms with Crippen molar-refractivity contribution in [2.24, 2.45) is 0 Å². The van der Waals surface area contributed by atoms with E-state index in [2.05, 4.69) is 30.1 Å². The number of aromatic nitrogens is 1. The van der Waals surface area contributed by atoms with Crippen LogP contribution in [0.1, 0.15) is 52.8 Å². The Morgan fingerprint density at radius 2 is 2.04 bits per heavy atom. The highest BCUT2D eigenvalue weighted by Gasteiger charge is 2.32. The number of aromatic amines is 1. The molecule has 0 aliphatic heterocycles. The topological polar surface area (TPSA) is 77.0 Å². The highest BCUT2D eigenvalue weighted by Crippen LogP contribution is 2.29. The summed E-state index contributed by atoms with van der Waals surface area (Å²) < 4.78 is 0. The van der Waals surface area contributed by atoms with Crippen molar-refractivity contribution < 1.29 is 4.79 Å². The van der Waals surface area contributed by atoms with Crippen molar-refractivity contribution in [2.45, 2.75) is 59.0 Å². The molecule has 1 saturated carbocycles. The molecule has 0 radical (unpaired) electrons. The number of nitriles is 1. The molecule has 1 aromatic carbocycles. The third-order valence-electron chi connectivity index (χ3n) is 5.25. The molecule has 1 heterocycles. The Balaban J connectivity index is 1.74. The van der Waals surface area contributed by atoms with Gasteiger partial charge < -0.3 is 9.88 Å². The smallest absolute Gasteiger partial charge is 0.266 e. The van der Waals surface area contributed by atoms with Gasteiger partial charge in [0.1, 0.15) is 11.6 Å². The van der Waals surface area contributed by atoms with E-state index in [-0.39, 0.29) is 17.0 Å². The molecule has 1 aliphatic rings. The van der Waals surface area contributed by atoms with Crippen molar-refractivity contribution in [3.8, 4) is 6.07 Å². The molecule has 1 fully saturated rings. The maximum Gasteiger partial charge on any atom is 0.266 e. The van der Waals surface area contributed by atoms with E-state index in [0.717, 1.165) is 29.7 Å². The largest absolute Gasteiger partial charge is 0.335 e. The standard InChI is InChI=1S/C22H25N3O2/c1-14-5-4-6-17(11-14)13-25(18-7-8-18)21(26)10-9-19-15(2)20(12-23)22(27)24-16(19)3/h4-6,11,18H,7-10,13H2,1-3H3,(H,24,27). The summed E-state index contributed by atoms with van der Waals surface area (Å²) in [7, 11) is 0. The molecule has 0 atom stereocenters. The molecule has 5 heteroatoms. The molecule has 0 spiro atoms. The van der Waals surface area contributed by atoms with E-state index in [1.54, 1.807) is 6.92 Å². The predicted molar refractivity (Wildman–Crippen MR) is 104 cm³/mol. The van der Waals surface area contributed by atoms with E-state index in [4.69, 9.17) is 0 Å². The summed E-state index contributed by atoms with van der Waals surface area (Å²) >= 11 is 0. The normalized spacial score (nSPS) is 13.3. The summed E-state index contributed by atoms with van der Waals surface area (Å²) in [5.41, 5.74) is 4.44. The molecule has 0 saturated heterocycles. The van der Waals surface area contributed by atoms with Crippen LogP contribution in [0.3, 0.4) is 0 Å². The molecule has 3 rings (SSSR count). The van der Waals surface area contributed by atoms with E-state index in [1.807, 2.05) is 24.0 Å². The number of pyridine rings is 1. The average Bonchev–Trinajstić information content (AvgIpc) is 3.44. The zero-order chi connectivity index (χ0) is 19.6. The molecule has 0 bridgehead atoms. The Hall–Kier alpha value is -2.87. The summed E-state index contributed by atoms with van der Waals surface area (Å²) in [5.74, 6) is 0.127. The lowest BCUT2D eigenvalue weighted by Gasteiger charge is -2.23. The molecule has 1 aromatic heterocycles. The number of rotatable bonds is 6. The molecule has 27 heavy (non-hydrogen) atoms. The van der Waals surface area contributed by atoms with Crippen LogP contribution in [0.5, 0.6) is 0 Å². The quantitative estimate of drug-likeness (QED) is 0.855. The zero-order valence-electron chi connectivity index (χ0n) is 16.1. The van der Waals surface area contributed by atoms with E-state index >= 15 is 0 Å². The third-order valence-corrected chi connectivity index (χ3v) is 5.25. The third kappa shape index (κ3) is 4.28. The van der Waals surface area contributed by atoms with Crippen LogP contribution in [-0.4, -0.2) is 21.8 Å². The Morgan fingerprint density at radius 1 is 1.30 bits per heavy atom. The van der Waals surface area contributed by atoms with Crippen LogP contribution in [0, 0.1) is 32.1 Å². The first-order chi connectivity index (χ1) is 12.9. The van der Waals surface area contributed by atoms with Crippen molar-refractivity contribution in [1.29, 1.82) is 5.26 Å². The van der Waals surface area contributed by atoms with Crippen LogP contribution in [0.4, 0.5) is 0 Å². The molecule has 0 unspecified atom stereocenters. The van der Waals surface area contributed by atoms with E-state index in [0.29, 0.717) is 31.0 Å². The lowest BCUT2D eigenvalue weighted by atomic mass is 9.98. The van der Waals surface area contributed by atoms with Gasteiger partial charge in [-0.15, -0.1) is 0 Å². The van der Waals surface area contributed by atoms with Gasteiger partial charge in [-0.1, -0.05) is 29.8 Å². The van der Waals surface area contributed by atoms with Gasteiger partial charge in [-0.3, -0.25) is 9.59 Å². The second-order valence-corrected chi connectivity index (χ2v) is 7.41. The predicted octanol–water partition coefficient (Wildman–Crippen LogP) is 3.30. The minimum atomic E-state index is -0.360. The lowest BCUT2D eigenvalue weighted by Crippen LogP contribution is -2.33. The summed E-state index contributed by atoms with van der Waals surface area (Å²) in [6.45, 7) is 6.30. The van der Waals surface area contributed by atoms with Crippen molar-refractivity contribution in [3.63, 3.8) is 0 Å². The Labute approximate surface area is 159 Å². The molecular formula is C22H25N3O2. The number of carbonyl (C=O) groups excluding carboxylic acids is 1. The van der Waals surface area contributed by atoms with Crippen molar-refractivity contribution in [3.05, 3.63) is 68.1 Å². The average molecular weight is 363 g/mol. The fraction of sp³-hybridized carbons (Fsp3) is 0.409. The molecule has 1 aliphatic carbocycles. The van der Waals surface area contributed by atoms with Gasteiger partial charge in [0.2, 0.25) is 5.91 Å². The van der Waals surface area contributed by atoms with Gasteiger partial charge in [0.05, 0.1) is 0 Å². The van der Waals surface area contributed by atoms with Crippen molar-refractivity contribution in [1.82, 2.24) is 9.88 Å². The molecule has 1 N–H and O–H groups in total. The number of nitrogens with zero attached hydrogens (tertiary/aromatic N) is 2. The second-order valence-electron chi connectivity index (χ2n) is 7.41. The van der Waals surface area contributed by atoms with E-state index in [1.165, 1.54) is 5.56 Å². The molecule has 5 nitrogen and oxygen atoms in total. The number of nitrogens with one attached hydrogen (secondary N) is 1. The zero-order valence-corrected chi connectivity index (χ0v) is 16.1. The number of hydrogen-bond acceptors (Lipinski definition) is 3. The summed E-state index contributed by atoms with van der Waals surface area (Å²) in [6.07, 6.45) is 3.03. The number of carbonyl (C=O) groups is 1. The lowest BCUT2D eigenvalue weighted by molar-refractivity contribution is -0.132. The molecular weight excluding hydrogens is 338 g/mol. The van der Waals surface area contributed by atoms with Crippen molar-refractivity contribution >= 4 is 5.91 Å². The van der Waals surface area contributed by atoms with E-state index < -0.39 is 0 Å². The number of hydrogen-bond donors (Lipinski definition) is 1. The summed E-state index contributed by atoms with van der Waals surface area (Å²) in [4.78, 5) is 29.5. The van der Waals surface area contributed by atoms with Crippen LogP contribution in [0.15, 0.2) is 29.1 Å². The Bertz CT molecular complexity index is 964. The number of amides is 1. The minimum absolute atomic E-state index is 0.127. The first-order valence-electron chi connectivity index (χ1n) is 9.38. The minimum Gasteiger partial charge on any atom is -0.335 e. The van der Waals surface area contributed by atoms with Gasteiger partial charge in [0.25, 0.3) is 5.56 Å². The number of aryl methyl sites for hydroxylation is 2. The van der Waals surface area contributed by atoms with Gasteiger partial charge in [0, 0.05) is 24.7 Å². The first kappa shape index (κ1) is 18.9. The van der Waals surface area contributed by atoms with Crippen LogP contribution in [-0.2, 0) is 17.8 Å². The monoisotopic (exact) mass is 363 g/mol. The Morgan fingerprint density at radius 3 is 2.67 bits per heavy atom. The second kappa shape index (κ2) is 7.79. The highest BCUT2D eigenvalue weighted by molar-refractivity contribution is 5.77. The number of benzene rings is 1. The van der Waals surface area contributed by atoms with Gasteiger partial charge in [0.15, 0.2) is 0 Å². The highest BCUT2D eigenvalue weighted by atomic mass is 16.2. The summed E-state index contributed by atoms with van der Waals surface area (Å²) in [5, 5.41) is 9.20. The molecule has 140 valence electrons. The number of H-pyrrole nitrogens is 1. The maximum atomic E-state index is 12.9. The maximum absolute atomic E-state index is 12.9. The molecule has 1 amide bonds. The fourth-order valence-electron chi connectivity index (χ4n) is 3.61. The van der Waals surface area contributed by atoms with Crippen LogP contribution in [0.25, 0.3) is 0 Å². The van der Waals surface area contributed by atoms with Gasteiger partial charge in [-0.05, 0) is 56.7 Å². The van der Waals surface area contributed by atoms with Crippen LogP contribution >= 0.6 is 0 Å². The van der Waals surface area contributed by atoms with Crippen LogP contribution < -0.4 is 5.56 Å². The fourth-order valence-corrected chi connectivity index (χ4v) is 3.61. The van der Waals surface area contributed by atoms with Gasteiger partial charge in [-0.2, -0.15) is 5.26 Å². The Kier molecular flexibility index (Phi) is 5.46. The SMILES string of the molecule is Cc1cccc(CN(C(=O)CCc2c(C)[nH]c(=O)c(C#N)c2C)C2CC2)c1. The van der Waals surface area contributed by atoms with Crippen LogP contribution in [0.2, 0.25) is 0 Å².